The highest BCUT2D eigenvalue weighted by Gasteiger charge is 2.08. The van der Waals surface area contributed by atoms with E-state index in [0.717, 1.165) is 23.2 Å². The van der Waals surface area contributed by atoms with Crippen molar-refractivity contribution < 1.29 is 14.3 Å². The van der Waals surface area contributed by atoms with Gasteiger partial charge in [0.15, 0.2) is 11.5 Å². The van der Waals surface area contributed by atoms with E-state index in [2.05, 4.69) is 4.98 Å². The summed E-state index contributed by atoms with van der Waals surface area (Å²) in [6.07, 6.45) is 5.84. The third kappa shape index (κ3) is 5.35. The molecule has 0 spiro atoms. The Morgan fingerprint density at radius 1 is 1.16 bits per heavy atom. The Labute approximate surface area is 148 Å². The quantitative estimate of drug-likeness (QED) is 0.727. The number of nitrogens with zero attached hydrogens (tertiary/aromatic N) is 2. The van der Waals surface area contributed by atoms with E-state index in [-0.39, 0.29) is 5.91 Å². The fraction of sp³-hybridized carbons (Fsp3) is 0.300. The van der Waals surface area contributed by atoms with Gasteiger partial charge < -0.3 is 14.4 Å². The average Bonchev–Trinajstić information content (AvgIpc) is 2.65. The van der Waals surface area contributed by atoms with Gasteiger partial charge in [-0.15, -0.1) is 0 Å². The van der Waals surface area contributed by atoms with Gasteiger partial charge in [0.25, 0.3) is 0 Å². The lowest BCUT2D eigenvalue weighted by Gasteiger charge is -2.16. The van der Waals surface area contributed by atoms with Crippen molar-refractivity contribution in [3.8, 4) is 11.5 Å². The summed E-state index contributed by atoms with van der Waals surface area (Å²) in [7, 11) is 5.02. The minimum absolute atomic E-state index is 0.0407. The Hall–Kier alpha value is -2.82. The minimum Gasteiger partial charge on any atom is -0.493 e. The molecular weight excluding hydrogens is 316 g/mol. The van der Waals surface area contributed by atoms with Crippen molar-refractivity contribution in [2.45, 2.75) is 13.3 Å². The number of aromatic nitrogens is 1. The van der Waals surface area contributed by atoms with Crippen molar-refractivity contribution >= 4 is 12.0 Å². The molecule has 0 atom stereocenters. The number of ether oxygens (including phenoxy) is 2. The van der Waals surface area contributed by atoms with Gasteiger partial charge in [0.05, 0.1) is 14.2 Å². The van der Waals surface area contributed by atoms with Crippen LogP contribution in [0.15, 0.2) is 42.6 Å². The number of carbonyl (C=O) groups is 1. The molecule has 132 valence electrons. The van der Waals surface area contributed by atoms with Gasteiger partial charge in [-0.3, -0.25) is 9.78 Å². The number of carbonyl (C=O) groups excluding carboxylic acids is 1. The van der Waals surface area contributed by atoms with Crippen LogP contribution in [-0.2, 0) is 11.2 Å². The van der Waals surface area contributed by atoms with Gasteiger partial charge >= 0.3 is 0 Å². The molecule has 2 rings (SSSR count). The molecule has 0 aliphatic carbocycles. The van der Waals surface area contributed by atoms with Crippen LogP contribution in [0.2, 0.25) is 0 Å². The SMILES string of the molecule is COc1ccc(CCN(C)C(=O)C=Cc2ccc(C)nc2)cc1OC. The Morgan fingerprint density at radius 2 is 1.92 bits per heavy atom. The molecule has 0 saturated heterocycles. The number of likely N-dealkylation sites (N-methyl/N-ethyl adjacent to an activating group) is 1. The molecule has 0 fully saturated rings. The van der Waals surface area contributed by atoms with E-state index in [9.17, 15) is 4.79 Å². The number of pyridine rings is 1. The van der Waals surface area contributed by atoms with E-state index in [1.807, 2.05) is 37.3 Å². The summed E-state index contributed by atoms with van der Waals surface area (Å²) < 4.78 is 10.5. The Bertz CT molecular complexity index is 739. The van der Waals surface area contributed by atoms with Gasteiger partial charge in [-0.05, 0) is 48.7 Å². The molecule has 1 heterocycles. The molecule has 5 heteroatoms. The molecule has 1 amide bonds. The number of hydrogen-bond donors (Lipinski definition) is 0. The van der Waals surface area contributed by atoms with Crippen molar-refractivity contribution in [3.63, 3.8) is 0 Å². The second-order valence-corrected chi connectivity index (χ2v) is 5.77. The molecule has 0 radical (unpaired) electrons. The van der Waals surface area contributed by atoms with Crippen molar-refractivity contribution in [2.75, 3.05) is 27.8 Å². The molecule has 2 aromatic rings. The summed E-state index contributed by atoms with van der Waals surface area (Å²) in [5.41, 5.74) is 2.95. The lowest BCUT2D eigenvalue weighted by atomic mass is 10.1. The lowest BCUT2D eigenvalue weighted by molar-refractivity contribution is -0.124. The van der Waals surface area contributed by atoms with Crippen LogP contribution in [0.1, 0.15) is 16.8 Å². The van der Waals surface area contributed by atoms with Crippen LogP contribution in [0.25, 0.3) is 6.08 Å². The standard InChI is InChI=1S/C20H24N2O3/c1-15-5-6-17(14-21-15)8-10-20(23)22(2)12-11-16-7-9-18(24-3)19(13-16)25-4/h5-10,13-14H,11-12H2,1-4H3. The van der Waals surface area contributed by atoms with Crippen LogP contribution in [0.5, 0.6) is 11.5 Å². The van der Waals surface area contributed by atoms with E-state index < -0.39 is 0 Å². The van der Waals surface area contributed by atoms with Crippen LogP contribution in [0.4, 0.5) is 0 Å². The Kier molecular flexibility index (Phi) is 6.57. The molecule has 0 aliphatic rings. The second-order valence-electron chi connectivity index (χ2n) is 5.77. The van der Waals surface area contributed by atoms with Gasteiger partial charge in [0, 0.05) is 31.6 Å². The van der Waals surface area contributed by atoms with Crippen molar-refractivity contribution in [1.82, 2.24) is 9.88 Å². The zero-order valence-corrected chi connectivity index (χ0v) is 15.2. The fourth-order valence-corrected chi connectivity index (χ4v) is 2.32. The Morgan fingerprint density at radius 3 is 2.56 bits per heavy atom. The van der Waals surface area contributed by atoms with Gasteiger partial charge in [0.1, 0.15) is 0 Å². The molecule has 0 aliphatic heterocycles. The van der Waals surface area contributed by atoms with Crippen molar-refractivity contribution in [3.05, 3.63) is 59.4 Å². The summed E-state index contributed by atoms with van der Waals surface area (Å²) in [6.45, 7) is 2.55. The highest BCUT2D eigenvalue weighted by atomic mass is 16.5. The largest absolute Gasteiger partial charge is 0.493 e. The van der Waals surface area contributed by atoms with Crippen LogP contribution >= 0.6 is 0 Å². The predicted octanol–water partition coefficient (Wildman–Crippen LogP) is 3.12. The molecule has 0 saturated carbocycles. The number of hydrogen-bond acceptors (Lipinski definition) is 4. The summed E-state index contributed by atoms with van der Waals surface area (Å²) in [4.78, 5) is 18.1. The predicted molar refractivity (Wildman–Crippen MR) is 98.9 cm³/mol. The van der Waals surface area contributed by atoms with Gasteiger partial charge in [-0.1, -0.05) is 12.1 Å². The maximum Gasteiger partial charge on any atom is 0.246 e. The molecular formula is C20H24N2O3. The Balaban J connectivity index is 1.91. The third-order valence-electron chi connectivity index (χ3n) is 3.91. The van der Waals surface area contributed by atoms with E-state index in [1.165, 1.54) is 0 Å². The topological polar surface area (TPSA) is 51.7 Å². The third-order valence-corrected chi connectivity index (χ3v) is 3.91. The molecule has 0 bridgehead atoms. The summed E-state index contributed by atoms with van der Waals surface area (Å²) in [5.74, 6) is 1.35. The monoisotopic (exact) mass is 340 g/mol. The highest BCUT2D eigenvalue weighted by Crippen LogP contribution is 2.27. The van der Waals surface area contributed by atoms with E-state index >= 15 is 0 Å². The normalized spacial score (nSPS) is 10.7. The van der Waals surface area contributed by atoms with Crippen molar-refractivity contribution in [1.29, 1.82) is 0 Å². The molecule has 1 aromatic carbocycles. The van der Waals surface area contributed by atoms with Gasteiger partial charge in [0.2, 0.25) is 5.91 Å². The summed E-state index contributed by atoms with van der Waals surface area (Å²) >= 11 is 0. The van der Waals surface area contributed by atoms with Gasteiger partial charge in [-0.25, -0.2) is 0 Å². The number of amides is 1. The molecule has 0 N–H and O–H groups in total. The van der Waals surface area contributed by atoms with Crippen LogP contribution in [-0.4, -0.2) is 43.6 Å². The average molecular weight is 340 g/mol. The maximum absolute atomic E-state index is 12.2. The molecule has 0 unspecified atom stereocenters. The smallest absolute Gasteiger partial charge is 0.246 e. The summed E-state index contributed by atoms with van der Waals surface area (Å²) in [5, 5.41) is 0. The zero-order chi connectivity index (χ0) is 18.2. The lowest BCUT2D eigenvalue weighted by Crippen LogP contribution is -2.27. The van der Waals surface area contributed by atoms with E-state index in [1.54, 1.807) is 44.5 Å². The summed E-state index contributed by atoms with van der Waals surface area (Å²) in [6, 6.07) is 9.65. The van der Waals surface area contributed by atoms with E-state index in [4.69, 9.17) is 9.47 Å². The first kappa shape index (κ1) is 18.5. The number of aryl methyl sites for hydroxylation is 1. The molecule has 25 heavy (non-hydrogen) atoms. The first-order valence-corrected chi connectivity index (χ1v) is 8.10. The first-order chi connectivity index (χ1) is 12.0. The fourth-order valence-electron chi connectivity index (χ4n) is 2.32. The second kappa shape index (κ2) is 8.87. The maximum atomic E-state index is 12.2. The van der Waals surface area contributed by atoms with Crippen LogP contribution in [0.3, 0.4) is 0 Å². The molecule has 5 nitrogen and oxygen atoms in total. The van der Waals surface area contributed by atoms with Crippen LogP contribution in [0, 0.1) is 6.92 Å². The number of rotatable bonds is 7. The highest BCUT2D eigenvalue weighted by molar-refractivity contribution is 5.91. The van der Waals surface area contributed by atoms with Crippen LogP contribution < -0.4 is 9.47 Å². The van der Waals surface area contributed by atoms with E-state index in [0.29, 0.717) is 18.0 Å². The minimum atomic E-state index is -0.0407. The zero-order valence-electron chi connectivity index (χ0n) is 15.2. The van der Waals surface area contributed by atoms with Crippen molar-refractivity contribution in [2.24, 2.45) is 0 Å². The number of methoxy groups -OCH3 is 2. The first-order valence-electron chi connectivity index (χ1n) is 8.10. The van der Waals surface area contributed by atoms with Gasteiger partial charge in [-0.2, -0.15) is 0 Å². The molecule has 1 aromatic heterocycles. The number of benzene rings is 1.